The monoisotopic (exact) mass is 462 g/mol. The number of thioether (sulfide) groups is 1. The van der Waals surface area contributed by atoms with E-state index in [2.05, 4.69) is 0 Å². The highest BCUT2D eigenvalue weighted by molar-refractivity contribution is 8.01. The third-order valence-electron chi connectivity index (χ3n) is 6.19. The van der Waals surface area contributed by atoms with Gasteiger partial charge in [-0.25, -0.2) is 0 Å². The Kier molecular flexibility index (Phi) is 4.92. The van der Waals surface area contributed by atoms with E-state index in [1.807, 2.05) is 0 Å². The summed E-state index contributed by atoms with van der Waals surface area (Å²) in [5.74, 6) is 0.791. The Bertz CT molecular complexity index is 1100. The van der Waals surface area contributed by atoms with Crippen LogP contribution in [0, 0.1) is 5.92 Å². The van der Waals surface area contributed by atoms with E-state index in [4.69, 9.17) is 4.74 Å². The third-order valence-corrected chi connectivity index (χ3v) is 7.61. The van der Waals surface area contributed by atoms with Gasteiger partial charge in [0.1, 0.15) is 5.75 Å². The van der Waals surface area contributed by atoms with Gasteiger partial charge in [-0.2, -0.15) is 13.2 Å². The third kappa shape index (κ3) is 3.25. The summed E-state index contributed by atoms with van der Waals surface area (Å²) in [4.78, 5) is 28.9. The minimum absolute atomic E-state index is 0.0180. The molecule has 2 heterocycles. The summed E-state index contributed by atoms with van der Waals surface area (Å²) in [6.45, 7) is 0.440. The Morgan fingerprint density at radius 3 is 2.69 bits per heavy atom. The van der Waals surface area contributed by atoms with Crippen LogP contribution in [0.5, 0.6) is 5.75 Å². The van der Waals surface area contributed by atoms with Crippen LogP contribution in [-0.4, -0.2) is 36.1 Å². The first-order valence-corrected chi connectivity index (χ1v) is 11.4. The topological polar surface area (TPSA) is 49.9 Å². The molecule has 1 saturated carbocycles. The van der Waals surface area contributed by atoms with Crippen molar-refractivity contribution >= 4 is 29.3 Å². The fourth-order valence-corrected chi connectivity index (χ4v) is 5.94. The maximum Gasteiger partial charge on any atom is 0.416 e. The van der Waals surface area contributed by atoms with Gasteiger partial charge in [-0.15, -0.1) is 11.8 Å². The zero-order valence-electron chi connectivity index (χ0n) is 17.3. The summed E-state index contributed by atoms with van der Waals surface area (Å²) in [7, 11) is 1.53. The van der Waals surface area contributed by atoms with E-state index in [-0.39, 0.29) is 24.3 Å². The number of halogens is 3. The minimum Gasteiger partial charge on any atom is -0.497 e. The van der Waals surface area contributed by atoms with Crippen molar-refractivity contribution in [2.75, 3.05) is 24.3 Å². The van der Waals surface area contributed by atoms with Crippen molar-refractivity contribution in [2.24, 2.45) is 5.92 Å². The zero-order valence-corrected chi connectivity index (χ0v) is 18.1. The number of methoxy groups -OCH3 is 1. The first-order valence-electron chi connectivity index (χ1n) is 10.4. The van der Waals surface area contributed by atoms with Crippen LogP contribution < -0.4 is 9.64 Å². The van der Waals surface area contributed by atoms with Crippen molar-refractivity contribution in [3.05, 3.63) is 59.2 Å². The van der Waals surface area contributed by atoms with Crippen molar-refractivity contribution < 1.29 is 27.5 Å². The summed E-state index contributed by atoms with van der Waals surface area (Å²) >= 11 is 1.40. The first-order chi connectivity index (χ1) is 15.3. The normalized spacial score (nSPS) is 22.6. The highest BCUT2D eigenvalue weighted by Gasteiger charge is 2.60. The molecule has 2 aliphatic heterocycles. The number of carbonyl (C=O) groups is 2. The van der Waals surface area contributed by atoms with E-state index >= 15 is 0 Å². The molecular formula is C23H21F3N2O3S. The molecule has 2 amide bonds. The standard InChI is InChI=1S/C23H21F3N2O3S/c1-31-17-7-8-19-18(12-17)22(28(9-10-32-22)20(29)15-5-6-15)21(30)27(19)13-14-3-2-4-16(11-14)23(24,25)26/h2-4,7-8,11-12,15H,5-6,9-10,13H2,1H3/t22-/m0/s1. The van der Waals surface area contributed by atoms with Crippen LogP contribution in [0.1, 0.15) is 29.5 Å². The Morgan fingerprint density at radius 1 is 1.22 bits per heavy atom. The largest absolute Gasteiger partial charge is 0.497 e. The highest BCUT2D eigenvalue weighted by Crippen LogP contribution is 2.56. The summed E-state index contributed by atoms with van der Waals surface area (Å²) in [5, 5.41) is 0. The molecule has 2 fully saturated rings. The molecule has 0 unspecified atom stereocenters. The lowest BCUT2D eigenvalue weighted by atomic mass is 10.0. The molecule has 1 atom stereocenters. The molecule has 5 rings (SSSR count). The minimum atomic E-state index is -4.47. The van der Waals surface area contributed by atoms with E-state index in [9.17, 15) is 22.8 Å². The number of fused-ring (bicyclic) bond motifs is 2. The number of carbonyl (C=O) groups excluding carboxylic acids is 2. The summed E-state index contributed by atoms with van der Waals surface area (Å²) < 4.78 is 45.0. The molecule has 3 aliphatic rings. The number of amides is 2. The molecule has 0 aromatic heterocycles. The van der Waals surface area contributed by atoms with Crippen LogP contribution >= 0.6 is 11.8 Å². The lowest BCUT2D eigenvalue weighted by Crippen LogP contribution is -2.50. The van der Waals surface area contributed by atoms with Crippen LogP contribution in [0.25, 0.3) is 0 Å². The number of hydrogen-bond acceptors (Lipinski definition) is 4. The maximum atomic E-state index is 13.9. The molecule has 32 heavy (non-hydrogen) atoms. The average molecular weight is 462 g/mol. The molecule has 1 spiro atoms. The molecule has 0 radical (unpaired) electrons. The van der Waals surface area contributed by atoms with E-state index < -0.39 is 16.6 Å². The highest BCUT2D eigenvalue weighted by atomic mass is 32.2. The van der Waals surface area contributed by atoms with Gasteiger partial charge in [-0.3, -0.25) is 9.59 Å². The molecule has 1 aliphatic carbocycles. The molecule has 2 aromatic rings. The fraction of sp³-hybridized carbons (Fsp3) is 0.391. The predicted octanol–water partition coefficient (Wildman–Crippen LogP) is 4.40. The van der Waals surface area contributed by atoms with Crippen molar-refractivity contribution in [1.82, 2.24) is 4.90 Å². The van der Waals surface area contributed by atoms with Gasteiger partial charge >= 0.3 is 6.18 Å². The van der Waals surface area contributed by atoms with Gasteiger partial charge in [0.05, 0.1) is 24.9 Å². The zero-order chi connectivity index (χ0) is 22.7. The quantitative estimate of drug-likeness (QED) is 0.676. The number of anilines is 1. The molecule has 1 saturated heterocycles. The molecular weight excluding hydrogens is 441 g/mol. The average Bonchev–Trinajstić information content (AvgIpc) is 3.49. The number of rotatable bonds is 4. The van der Waals surface area contributed by atoms with Gasteiger partial charge in [0.2, 0.25) is 5.91 Å². The lowest BCUT2D eigenvalue weighted by molar-refractivity contribution is -0.141. The van der Waals surface area contributed by atoms with E-state index in [0.717, 1.165) is 25.0 Å². The van der Waals surface area contributed by atoms with Gasteiger partial charge in [-0.1, -0.05) is 12.1 Å². The van der Waals surface area contributed by atoms with Crippen molar-refractivity contribution in [3.8, 4) is 5.75 Å². The van der Waals surface area contributed by atoms with Gasteiger partial charge in [-0.05, 0) is 48.7 Å². The Balaban J connectivity index is 1.57. The smallest absolute Gasteiger partial charge is 0.416 e. The predicted molar refractivity (Wildman–Crippen MR) is 114 cm³/mol. The van der Waals surface area contributed by atoms with Crippen LogP contribution in [0.15, 0.2) is 42.5 Å². The molecule has 9 heteroatoms. The molecule has 5 nitrogen and oxygen atoms in total. The second-order valence-corrected chi connectivity index (χ2v) is 9.52. The second kappa shape index (κ2) is 7.43. The summed E-state index contributed by atoms with van der Waals surface area (Å²) in [6, 6.07) is 10.2. The molecule has 0 N–H and O–H groups in total. The van der Waals surface area contributed by atoms with Crippen LogP contribution in [0.4, 0.5) is 18.9 Å². The number of ether oxygens (including phenoxy) is 1. The Labute approximate surface area is 187 Å². The Morgan fingerprint density at radius 2 is 2.00 bits per heavy atom. The van der Waals surface area contributed by atoms with E-state index in [0.29, 0.717) is 34.9 Å². The van der Waals surface area contributed by atoms with E-state index in [1.165, 1.54) is 29.8 Å². The van der Waals surface area contributed by atoms with Crippen molar-refractivity contribution in [1.29, 1.82) is 0 Å². The van der Waals surface area contributed by atoms with Gasteiger partial charge in [0.25, 0.3) is 5.91 Å². The molecule has 2 aromatic carbocycles. The summed E-state index contributed by atoms with van der Waals surface area (Å²) in [6.07, 6.45) is -2.82. The molecule has 168 valence electrons. The summed E-state index contributed by atoms with van der Waals surface area (Å²) in [5.41, 5.74) is 0.865. The lowest BCUT2D eigenvalue weighted by Gasteiger charge is -2.33. The van der Waals surface area contributed by atoms with E-state index in [1.54, 1.807) is 29.2 Å². The number of nitrogens with zero attached hydrogens (tertiary/aromatic N) is 2. The van der Waals surface area contributed by atoms with Gasteiger partial charge in [0.15, 0.2) is 4.87 Å². The second-order valence-electron chi connectivity index (χ2n) is 8.23. The number of benzene rings is 2. The number of hydrogen-bond donors (Lipinski definition) is 0. The fourth-order valence-electron chi connectivity index (χ4n) is 4.48. The van der Waals surface area contributed by atoms with Crippen LogP contribution in [0.3, 0.4) is 0 Å². The van der Waals surface area contributed by atoms with Crippen molar-refractivity contribution in [2.45, 2.75) is 30.4 Å². The first kappa shape index (κ1) is 21.2. The SMILES string of the molecule is COc1ccc2c(c1)[C@]1(SCCN1C(=O)C1CC1)C(=O)N2Cc1cccc(C(F)(F)F)c1. The van der Waals surface area contributed by atoms with Crippen LogP contribution in [0.2, 0.25) is 0 Å². The maximum absolute atomic E-state index is 13.9. The van der Waals surface area contributed by atoms with Gasteiger partial charge < -0.3 is 14.5 Å². The van der Waals surface area contributed by atoms with Gasteiger partial charge in [0, 0.05) is 23.8 Å². The Hall–Kier alpha value is -2.68. The van der Waals surface area contributed by atoms with Crippen molar-refractivity contribution in [3.63, 3.8) is 0 Å². The number of alkyl halides is 3. The molecule has 0 bridgehead atoms. The van der Waals surface area contributed by atoms with Crippen LogP contribution in [-0.2, 0) is 27.2 Å².